The van der Waals surface area contributed by atoms with E-state index in [1.165, 1.54) is 24.1 Å². The van der Waals surface area contributed by atoms with Crippen LogP contribution in [-0.2, 0) is 32.5 Å². The lowest BCUT2D eigenvalue weighted by molar-refractivity contribution is -0.144. The van der Waals surface area contributed by atoms with Crippen LogP contribution in [0.3, 0.4) is 0 Å². The fourth-order valence-corrected chi connectivity index (χ4v) is 5.69. The molecule has 0 aliphatic rings. The van der Waals surface area contributed by atoms with Crippen molar-refractivity contribution in [2.24, 2.45) is 0 Å². The number of hydrogen-bond donors (Lipinski definition) is 1. The van der Waals surface area contributed by atoms with Crippen molar-refractivity contribution in [3.63, 3.8) is 0 Å². The second kappa shape index (κ2) is 9.69. The van der Waals surface area contributed by atoms with E-state index in [0.717, 1.165) is 16.9 Å². The minimum Gasteiger partial charge on any atom is -0.497 e. The van der Waals surface area contributed by atoms with Gasteiger partial charge in [-0.25, -0.2) is 22.6 Å². The summed E-state index contributed by atoms with van der Waals surface area (Å²) in [7, 11) is -0.789. The SMILES string of the molecule is COC(=O)[C@H](Cc1ccc(OC)cc1)n1cc(CNS(=O)(=O)c2ccc(Br)s2)nn1. The van der Waals surface area contributed by atoms with Crippen molar-refractivity contribution in [2.45, 2.75) is 23.2 Å². The van der Waals surface area contributed by atoms with Crippen LogP contribution >= 0.6 is 27.3 Å². The third-order valence-electron chi connectivity index (χ3n) is 4.20. The van der Waals surface area contributed by atoms with Gasteiger partial charge in [0.25, 0.3) is 0 Å². The number of halogens is 1. The van der Waals surface area contributed by atoms with Crippen molar-refractivity contribution in [1.82, 2.24) is 19.7 Å². The summed E-state index contributed by atoms with van der Waals surface area (Å²) in [5.74, 6) is 0.229. The third-order valence-corrected chi connectivity index (χ3v) is 7.71. The Kier molecular flexibility index (Phi) is 7.23. The smallest absolute Gasteiger partial charge is 0.331 e. The number of nitrogens with zero attached hydrogens (tertiary/aromatic N) is 3. The highest BCUT2D eigenvalue weighted by Crippen LogP contribution is 2.26. The van der Waals surface area contributed by atoms with Gasteiger partial charge in [-0.3, -0.25) is 0 Å². The van der Waals surface area contributed by atoms with Crippen LogP contribution in [-0.4, -0.2) is 43.6 Å². The standard InChI is InChI=1S/C18H19BrN4O5S2/c1-27-14-5-3-12(4-6-14)9-15(18(24)28-2)23-11-13(21-22-23)10-20-30(25,26)17-8-7-16(19)29-17/h3-8,11,15,20H,9-10H2,1-2H3/t15-/m0/s1. The van der Waals surface area contributed by atoms with E-state index in [4.69, 9.17) is 9.47 Å². The summed E-state index contributed by atoms with van der Waals surface area (Å²) in [6.45, 7) is -0.0612. The molecule has 1 aromatic carbocycles. The molecule has 3 rings (SSSR count). The molecule has 0 saturated carbocycles. The summed E-state index contributed by atoms with van der Waals surface area (Å²) in [6, 6.07) is 9.72. The topological polar surface area (TPSA) is 112 Å². The normalized spacial score (nSPS) is 12.5. The van der Waals surface area contributed by atoms with E-state index in [0.29, 0.717) is 21.7 Å². The first-order valence-corrected chi connectivity index (χ1v) is 11.8. The van der Waals surface area contributed by atoms with Crippen LogP contribution in [0.25, 0.3) is 0 Å². The van der Waals surface area contributed by atoms with Gasteiger partial charge < -0.3 is 9.47 Å². The predicted octanol–water partition coefficient (Wildman–Crippen LogP) is 2.55. The van der Waals surface area contributed by atoms with Gasteiger partial charge in [-0.15, -0.1) is 16.4 Å². The zero-order valence-corrected chi connectivity index (χ0v) is 19.3. The Labute approximate surface area is 186 Å². The van der Waals surface area contributed by atoms with Crippen molar-refractivity contribution >= 4 is 43.3 Å². The van der Waals surface area contributed by atoms with E-state index in [1.54, 1.807) is 25.3 Å². The minimum absolute atomic E-state index is 0.0612. The lowest BCUT2D eigenvalue weighted by atomic mass is 10.1. The minimum atomic E-state index is -3.67. The molecule has 0 bridgehead atoms. The van der Waals surface area contributed by atoms with Crippen molar-refractivity contribution < 1.29 is 22.7 Å². The van der Waals surface area contributed by atoms with Gasteiger partial charge in [0.1, 0.15) is 9.96 Å². The molecule has 12 heteroatoms. The van der Waals surface area contributed by atoms with Crippen LogP contribution < -0.4 is 9.46 Å². The molecule has 0 aliphatic heterocycles. The van der Waals surface area contributed by atoms with E-state index < -0.39 is 22.0 Å². The maximum absolute atomic E-state index is 12.3. The second-order valence-electron chi connectivity index (χ2n) is 6.16. The zero-order chi connectivity index (χ0) is 21.7. The van der Waals surface area contributed by atoms with E-state index in [9.17, 15) is 13.2 Å². The molecular weight excluding hydrogens is 496 g/mol. The fourth-order valence-electron chi connectivity index (χ4n) is 2.63. The summed E-state index contributed by atoms with van der Waals surface area (Å²) < 4.78 is 39.5. The highest BCUT2D eigenvalue weighted by Gasteiger charge is 2.24. The molecule has 0 amide bonds. The molecule has 1 N–H and O–H groups in total. The van der Waals surface area contributed by atoms with Gasteiger partial charge in [-0.1, -0.05) is 17.3 Å². The highest BCUT2D eigenvalue weighted by atomic mass is 79.9. The molecule has 160 valence electrons. The zero-order valence-electron chi connectivity index (χ0n) is 16.1. The first kappa shape index (κ1) is 22.4. The van der Waals surface area contributed by atoms with Gasteiger partial charge in [-0.05, 0) is 45.8 Å². The number of benzene rings is 1. The molecule has 3 aromatic rings. The molecular formula is C18H19BrN4O5S2. The van der Waals surface area contributed by atoms with Gasteiger partial charge in [-0.2, -0.15) is 0 Å². The Morgan fingerprint density at radius 2 is 1.97 bits per heavy atom. The van der Waals surface area contributed by atoms with Gasteiger partial charge in [0.05, 0.1) is 36.4 Å². The Morgan fingerprint density at radius 3 is 2.57 bits per heavy atom. The van der Waals surface area contributed by atoms with Gasteiger partial charge in [0, 0.05) is 6.42 Å². The molecule has 0 saturated heterocycles. The summed E-state index contributed by atoms with van der Waals surface area (Å²) >= 11 is 4.35. The van der Waals surface area contributed by atoms with Crippen LogP contribution in [0, 0.1) is 0 Å². The highest BCUT2D eigenvalue weighted by molar-refractivity contribution is 9.11. The first-order chi connectivity index (χ1) is 14.3. The fraction of sp³-hybridized carbons (Fsp3) is 0.278. The summed E-state index contributed by atoms with van der Waals surface area (Å²) in [5, 5.41) is 7.97. The largest absolute Gasteiger partial charge is 0.497 e. The van der Waals surface area contributed by atoms with Crippen molar-refractivity contribution in [2.75, 3.05) is 14.2 Å². The third kappa shape index (κ3) is 5.45. The number of aromatic nitrogens is 3. The Bertz CT molecular complexity index is 1110. The molecule has 2 heterocycles. The van der Waals surface area contributed by atoms with Crippen molar-refractivity contribution in [3.05, 3.63) is 57.6 Å². The second-order valence-corrected chi connectivity index (χ2v) is 10.6. The van der Waals surface area contributed by atoms with E-state index >= 15 is 0 Å². The van der Waals surface area contributed by atoms with Crippen LogP contribution in [0.2, 0.25) is 0 Å². The number of rotatable bonds is 9. The molecule has 1 atom stereocenters. The number of carbonyl (C=O) groups is 1. The number of ether oxygens (including phenoxy) is 2. The van der Waals surface area contributed by atoms with E-state index in [-0.39, 0.29) is 10.8 Å². The number of carbonyl (C=O) groups excluding carboxylic acids is 1. The summed E-state index contributed by atoms with van der Waals surface area (Å²) in [5.41, 5.74) is 1.25. The molecule has 0 unspecified atom stereocenters. The molecule has 0 fully saturated rings. The molecule has 0 spiro atoms. The van der Waals surface area contributed by atoms with E-state index in [1.807, 2.05) is 12.1 Å². The van der Waals surface area contributed by atoms with Crippen LogP contribution in [0.1, 0.15) is 17.3 Å². The number of nitrogens with one attached hydrogen (secondary N) is 1. The molecule has 2 aromatic heterocycles. The number of methoxy groups -OCH3 is 2. The molecule has 30 heavy (non-hydrogen) atoms. The van der Waals surface area contributed by atoms with Crippen LogP contribution in [0.15, 0.2) is 50.6 Å². The van der Waals surface area contributed by atoms with Gasteiger partial charge in [0.2, 0.25) is 10.0 Å². The average molecular weight is 515 g/mol. The van der Waals surface area contributed by atoms with Gasteiger partial charge >= 0.3 is 5.97 Å². The lowest BCUT2D eigenvalue weighted by Gasteiger charge is -2.14. The van der Waals surface area contributed by atoms with Crippen molar-refractivity contribution in [3.8, 4) is 5.75 Å². The van der Waals surface area contributed by atoms with E-state index in [2.05, 4.69) is 31.0 Å². The predicted molar refractivity (Wildman–Crippen MR) is 114 cm³/mol. The van der Waals surface area contributed by atoms with Crippen LogP contribution in [0.4, 0.5) is 0 Å². The molecule has 9 nitrogen and oxygen atoms in total. The Balaban J connectivity index is 1.72. The number of sulfonamides is 1. The lowest BCUT2D eigenvalue weighted by Crippen LogP contribution is -2.24. The number of hydrogen-bond acceptors (Lipinski definition) is 8. The quantitative estimate of drug-likeness (QED) is 0.436. The van der Waals surface area contributed by atoms with Crippen LogP contribution in [0.5, 0.6) is 5.75 Å². The Hall–Kier alpha value is -2.28. The van der Waals surface area contributed by atoms with Crippen molar-refractivity contribution in [1.29, 1.82) is 0 Å². The monoisotopic (exact) mass is 514 g/mol. The molecule has 0 aliphatic carbocycles. The molecule has 0 radical (unpaired) electrons. The van der Waals surface area contributed by atoms with Gasteiger partial charge in [0.15, 0.2) is 6.04 Å². The summed E-state index contributed by atoms with van der Waals surface area (Å²) in [6.07, 6.45) is 1.85. The number of esters is 1. The summed E-state index contributed by atoms with van der Waals surface area (Å²) in [4.78, 5) is 12.3. The maximum Gasteiger partial charge on any atom is 0.331 e. The number of thiophene rings is 1. The first-order valence-electron chi connectivity index (χ1n) is 8.69. The Morgan fingerprint density at radius 1 is 1.23 bits per heavy atom. The average Bonchev–Trinajstić information content (AvgIpc) is 3.40. The maximum atomic E-state index is 12.3.